The topological polar surface area (TPSA) is 71.7 Å². The maximum absolute atomic E-state index is 13.7. The molecule has 2 aliphatic heterocycles. The van der Waals surface area contributed by atoms with E-state index in [1.165, 1.54) is 11.0 Å². The Morgan fingerprint density at radius 3 is 2.50 bits per heavy atom. The molecule has 3 aromatic rings. The van der Waals surface area contributed by atoms with Crippen LogP contribution in [0.1, 0.15) is 34.7 Å². The van der Waals surface area contributed by atoms with Crippen molar-refractivity contribution in [2.24, 2.45) is 0 Å². The molecule has 0 saturated carbocycles. The molecule has 10 heteroatoms. The number of nitrogens with zero attached hydrogens (tertiary/aromatic N) is 4. The third-order valence-corrected chi connectivity index (χ3v) is 6.05. The number of ether oxygens (including phenoxy) is 1. The maximum atomic E-state index is 13.7. The van der Waals surface area contributed by atoms with E-state index in [9.17, 15) is 18.0 Å². The second-order valence-electron chi connectivity index (χ2n) is 8.53. The predicted molar refractivity (Wildman–Crippen MR) is 116 cm³/mol. The quantitative estimate of drug-likeness (QED) is 0.534. The summed E-state index contributed by atoms with van der Waals surface area (Å²) in [6.45, 7) is 2.34. The number of hydrogen-bond donors (Lipinski definition) is 0. The summed E-state index contributed by atoms with van der Waals surface area (Å²) in [7, 11) is 0. The van der Waals surface area contributed by atoms with Crippen LogP contribution in [0.15, 0.2) is 52.9 Å². The van der Waals surface area contributed by atoms with Gasteiger partial charge in [0.05, 0.1) is 18.7 Å². The molecule has 1 amide bonds. The largest absolute Gasteiger partial charge is 0.487 e. The smallest absolute Gasteiger partial charge is 0.416 e. The average Bonchev–Trinajstić information content (AvgIpc) is 3.49. The number of hydrogen-bond acceptors (Lipinski definition) is 6. The Morgan fingerprint density at radius 1 is 1.06 bits per heavy atom. The number of halogens is 3. The van der Waals surface area contributed by atoms with Gasteiger partial charge in [-0.3, -0.25) is 9.69 Å². The number of carbonyl (C=O) groups excluding carboxylic acids is 1. The van der Waals surface area contributed by atoms with Gasteiger partial charge in [-0.25, -0.2) is 0 Å². The molecule has 0 atom stereocenters. The molecule has 178 valence electrons. The summed E-state index contributed by atoms with van der Waals surface area (Å²) in [6.07, 6.45) is -2.86. The molecule has 7 nitrogen and oxygen atoms in total. The van der Waals surface area contributed by atoms with Crippen LogP contribution in [0.2, 0.25) is 0 Å². The molecule has 0 spiro atoms. The summed E-state index contributed by atoms with van der Waals surface area (Å²) < 4.78 is 52.2. The summed E-state index contributed by atoms with van der Waals surface area (Å²) in [5.74, 6) is -0.195. The number of benzene rings is 2. The molecule has 0 radical (unpaired) electrons. The molecule has 0 bridgehead atoms. The lowest BCUT2D eigenvalue weighted by Gasteiger charge is -2.38. The van der Waals surface area contributed by atoms with Crippen LogP contribution in [0.25, 0.3) is 11.5 Å². The normalized spacial score (nSPS) is 17.1. The Kier molecular flexibility index (Phi) is 5.99. The first kappa shape index (κ1) is 22.4. The Hall–Kier alpha value is -3.40. The summed E-state index contributed by atoms with van der Waals surface area (Å²) in [5, 5.41) is 7.72. The maximum Gasteiger partial charge on any atom is 0.416 e. The Bertz CT molecular complexity index is 1150. The van der Waals surface area contributed by atoms with Crippen molar-refractivity contribution < 1.29 is 27.1 Å². The summed E-state index contributed by atoms with van der Waals surface area (Å²) in [5.41, 5.74) is 0.272. The van der Waals surface area contributed by atoms with Gasteiger partial charge in [-0.05, 0) is 55.8 Å². The molecule has 2 aromatic carbocycles. The molecule has 1 aromatic heterocycles. The van der Waals surface area contributed by atoms with E-state index in [4.69, 9.17) is 9.15 Å². The second kappa shape index (κ2) is 9.09. The van der Waals surface area contributed by atoms with Gasteiger partial charge >= 0.3 is 18.0 Å². The van der Waals surface area contributed by atoms with Crippen LogP contribution in [0.5, 0.6) is 5.75 Å². The van der Waals surface area contributed by atoms with Crippen molar-refractivity contribution >= 4 is 5.91 Å². The summed E-state index contributed by atoms with van der Waals surface area (Å²) in [4.78, 5) is 16.1. The zero-order chi connectivity index (χ0) is 23.7. The van der Waals surface area contributed by atoms with E-state index >= 15 is 0 Å². The van der Waals surface area contributed by atoms with Gasteiger partial charge in [0.25, 0.3) is 0 Å². The standard InChI is InChI=1S/C24H23F3N4O3/c25-24(26,27)20-12-18(9-8-17(20)13-30-10-4-5-11-30)33-19-14-31(15-19)23(32)22-29-28-21(34-22)16-6-2-1-3-7-16/h1-3,6-9,12,19H,4-5,10-11,13-15H2. The van der Waals surface area contributed by atoms with Gasteiger partial charge in [-0.15, -0.1) is 10.2 Å². The van der Waals surface area contributed by atoms with Crippen molar-refractivity contribution in [1.82, 2.24) is 20.0 Å². The highest BCUT2D eigenvalue weighted by atomic mass is 19.4. The molecule has 3 heterocycles. The lowest BCUT2D eigenvalue weighted by molar-refractivity contribution is -0.138. The molecular weight excluding hydrogens is 449 g/mol. The SMILES string of the molecule is O=C(c1nnc(-c2ccccc2)o1)N1CC(Oc2ccc(CN3CCCC3)c(C(F)(F)F)c2)C1. The highest BCUT2D eigenvalue weighted by Crippen LogP contribution is 2.36. The third kappa shape index (κ3) is 4.77. The molecule has 0 aliphatic carbocycles. The minimum Gasteiger partial charge on any atom is -0.487 e. The van der Waals surface area contributed by atoms with Gasteiger partial charge in [0.1, 0.15) is 11.9 Å². The number of rotatable bonds is 6. The van der Waals surface area contributed by atoms with Crippen LogP contribution in [0, 0.1) is 0 Å². The van der Waals surface area contributed by atoms with Crippen LogP contribution < -0.4 is 4.74 Å². The lowest BCUT2D eigenvalue weighted by Crippen LogP contribution is -2.56. The Balaban J connectivity index is 1.20. The van der Waals surface area contributed by atoms with E-state index in [-0.39, 0.29) is 42.7 Å². The van der Waals surface area contributed by atoms with Crippen LogP contribution in [-0.2, 0) is 12.7 Å². The van der Waals surface area contributed by atoms with Gasteiger partial charge in [-0.1, -0.05) is 24.3 Å². The molecule has 0 unspecified atom stereocenters. The summed E-state index contributed by atoms with van der Waals surface area (Å²) >= 11 is 0. The Morgan fingerprint density at radius 2 is 1.79 bits per heavy atom. The van der Waals surface area contributed by atoms with Crippen LogP contribution in [0.4, 0.5) is 13.2 Å². The minimum absolute atomic E-state index is 0.136. The van der Waals surface area contributed by atoms with Crippen molar-refractivity contribution in [3.63, 3.8) is 0 Å². The van der Waals surface area contributed by atoms with Crippen LogP contribution >= 0.6 is 0 Å². The molecular formula is C24H23F3N4O3. The number of alkyl halides is 3. The fourth-order valence-electron chi connectivity index (χ4n) is 4.23. The van der Waals surface area contributed by atoms with E-state index in [1.807, 2.05) is 23.1 Å². The van der Waals surface area contributed by atoms with Crippen molar-refractivity contribution in [2.75, 3.05) is 26.2 Å². The molecule has 5 rings (SSSR count). The van der Waals surface area contributed by atoms with Gasteiger partial charge in [0.2, 0.25) is 5.89 Å². The van der Waals surface area contributed by atoms with Gasteiger partial charge in [0.15, 0.2) is 0 Å². The fourth-order valence-corrected chi connectivity index (χ4v) is 4.23. The van der Waals surface area contributed by atoms with Crippen molar-refractivity contribution in [1.29, 1.82) is 0 Å². The molecule has 2 fully saturated rings. The summed E-state index contributed by atoms with van der Waals surface area (Å²) in [6, 6.07) is 13.2. The number of carbonyl (C=O) groups is 1. The van der Waals surface area contributed by atoms with Gasteiger partial charge in [0, 0.05) is 12.1 Å². The fraction of sp³-hybridized carbons (Fsp3) is 0.375. The monoisotopic (exact) mass is 472 g/mol. The molecule has 0 N–H and O–H groups in total. The zero-order valence-corrected chi connectivity index (χ0v) is 18.3. The third-order valence-electron chi connectivity index (χ3n) is 6.05. The molecule has 2 aliphatic rings. The van der Waals surface area contributed by atoms with Gasteiger partial charge in [-0.2, -0.15) is 13.2 Å². The highest BCUT2D eigenvalue weighted by Gasteiger charge is 2.37. The number of amides is 1. The van der Waals surface area contributed by atoms with Crippen molar-refractivity contribution in [2.45, 2.75) is 31.7 Å². The lowest BCUT2D eigenvalue weighted by atomic mass is 10.1. The predicted octanol–water partition coefficient (Wildman–Crippen LogP) is 4.25. The van der Waals surface area contributed by atoms with Crippen molar-refractivity contribution in [3.05, 3.63) is 65.5 Å². The van der Waals surface area contributed by atoms with E-state index in [0.717, 1.165) is 32.0 Å². The van der Waals surface area contributed by atoms with E-state index < -0.39 is 23.8 Å². The first-order valence-electron chi connectivity index (χ1n) is 11.1. The second-order valence-corrected chi connectivity index (χ2v) is 8.53. The minimum atomic E-state index is -4.47. The zero-order valence-electron chi connectivity index (χ0n) is 18.3. The Labute approximate surface area is 194 Å². The van der Waals surface area contributed by atoms with E-state index in [0.29, 0.717) is 5.56 Å². The molecule has 2 saturated heterocycles. The van der Waals surface area contributed by atoms with E-state index in [2.05, 4.69) is 10.2 Å². The first-order chi connectivity index (χ1) is 16.4. The van der Waals surface area contributed by atoms with Crippen LogP contribution in [0.3, 0.4) is 0 Å². The number of aromatic nitrogens is 2. The first-order valence-corrected chi connectivity index (χ1v) is 11.1. The van der Waals surface area contributed by atoms with Crippen molar-refractivity contribution in [3.8, 4) is 17.2 Å². The van der Waals surface area contributed by atoms with E-state index in [1.54, 1.807) is 18.2 Å². The average molecular weight is 472 g/mol. The van der Waals surface area contributed by atoms with Gasteiger partial charge < -0.3 is 14.1 Å². The van der Waals surface area contributed by atoms with Crippen LogP contribution in [-0.4, -0.2) is 58.2 Å². The number of likely N-dealkylation sites (tertiary alicyclic amines) is 2. The molecule has 34 heavy (non-hydrogen) atoms. The highest BCUT2D eigenvalue weighted by molar-refractivity contribution is 5.90.